The van der Waals surface area contributed by atoms with Crippen molar-refractivity contribution in [3.05, 3.63) is 46.2 Å². The monoisotopic (exact) mass is 337 g/mol. The Labute approximate surface area is 123 Å². The molecular weight excluding hydrogens is 326 g/mol. The molecule has 1 heterocycles. The third kappa shape index (κ3) is 3.39. The van der Waals surface area contributed by atoms with E-state index >= 15 is 0 Å². The van der Waals surface area contributed by atoms with Crippen LogP contribution in [0.4, 0.5) is 16.2 Å². The number of carboxylic acids is 1. The predicted octanol–water partition coefficient (Wildman–Crippen LogP) is 3.43. The Morgan fingerprint density at radius 3 is 2.65 bits per heavy atom. The maximum Gasteiger partial charge on any atom is 0.354 e. The molecule has 0 aliphatic rings. The zero-order chi connectivity index (χ0) is 14.7. The topological polar surface area (TPSA) is 94.2 Å². The number of hydrogen-bond acceptors (Lipinski definition) is 2. The highest BCUT2D eigenvalue weighted by molar-refractivity contribution is 9.10. The Morgan fingerprint density at radius 2 is 2.00 bits per heavy atom. The van der Waals surface area contributed by atoms with Crippen LogP contribution in [-0.4, -0.2) is 22.1 Å². The zero-order valence-electron chi connectivity index (χ0n) is 10.5. The molecule has 7 heteroatoms. The minimum atomic E-state index is -1.13. The van der Waals surface area contributed by atoms with Crippen LogP contribution >= 0.6 is 15.9 Å². The lowest BCUT2D eigenvalue weighted by Gasteiger charge is -2.07. The first-order valence-electron chi connectivity index (χ1n) is 5.72. The van der Waals surface area contributed by atoms with E-state index < -0.39 is 12.0 Å². The number of carbonyl (C=O) groups excluding carboxylic acids is 1. The van der Waals surface area contributed by atoms with E-state index in [-0.39, 0.29) is 11.4 Å². The van der Waals surface area contributed by atoms with Crippen LogP contribution in [0.25, 0.3) is 0 Å². The second kappa shape index (κ2) is 5.79. The quantitative estimate of drug-likeness (QED) is 0.691. The molecule has 0 unspecified atom stereocenters. The Kier molecular flexibility index (Phi) is 4.09. The van der Waals surface area contributed by atoms with Crippen molar-refractivity contribution >= 4 is 39.3 Å². The number of carboxylic acid groups (broad SMARTS) is 1. The Morgan fingerprint density at radius 1 is 1.25 bits per heavy atom. The summed E-state index contributed by atoms with van der Waals surface area (Å²) in [5.41, 5.74) is 1.43. The number of anilines is 2. The molecule has 0 saturated carbocycles. The standard InChI is InChI=1S/C13H12BrN3O3/c1-7-5-10(11(15-7)12(18)19)17-13(20)16-9-4-2-3-8(14)6-9/h2-6,15H,1H3,(H,18,19)(H2,16,17,20). The van der Waals surface area contributed by atoms with Crippen molar-refractivity contribution in [1.82, 2.24) is 4.98 Å². The van der Waals surface area contributed by atoms with Crippen LogP contribution in [0.15, 0.2) is 34.8 Å². The molecule has 104 valence electrons. The van der Waals surface area contributed by atoms with Crippen LogP contribution in [0.5, 0.6) is 0 Å². The van der Waals surface area contributed by atoms with Gasteiger partial charge in [-0.1, -0.05) is 22.0 Å². The summed E-state index contributed by atoms with van der Waals surface area (Å²) >= 11 is 3.30. The van der Waals surface area contributed by atoms with Gasteiger partial charge in [0.2, 0.25) is 0 Å². The van der Waals surface area contributed by atoms with E-state index in [4.69, 9.17) is 5.11 Å². The summed E-state index contributed by atoms with van der Waals surface area (Å²) in [5, 5.41) is 14.1. The first-order chi connectivity index (χ1) is 9.45. The van der Waals surface area contributed by atoms with E-state index in [2.05, 4.69) is 31.5 Å². The minimum Gasteiger partial charge on any atom is -0.477 e. The molecule has 0 atom stereocenters. The molecule has 0 aliphatic heterocycles. The lowest BCUT2D eigenvalue weighted by Crippen LogP contribution is -2.20. The fourth-order valence-corrected chi connectivity index (χ4v) is 2.11. The zero-order valence-corrected chi connectivity index (χ0v) is 12.1. The maximum atomic E-state index is 11.8. The van der Waals surface area contributed by atoms with Crippen molar-refractivity contribution in [1.29, 1.82) is 0 Å². The van der Waals surface area contributed by atoms with E-state index in [0.29, 0.717) is 11.4 Å². The van der Waals surface area contributed by atoms with Gasteiger partial charge in [0.15, 0.2) is 0 Å². The second-order valence-corrected chi connectivity index (χ2v) is 5.05. The lowest BCUT2D eigenvalue weighted by atomic mass is 10.3. The number of aromatic carboxylic acids is 1. The van der Waals surface area contributed by atoms with Crippen molar-refractivity contribution in [2.75, 3.05) is 10.6 Å². The molecule has 0 spiro atoms. The summed E-state index contributed by atoms with van der Waals surface area (Å²) in [6.45, 7) is 1.71. The third-order valence-electron chi connectivity index (χ3n) is 2.50. The number of aromatic nitrogens is 1. The Bertz CT molecular complexity index is 667. The van der Waals surface area contributed by atoms with E-state index in [1.807, 2.05) is 6.07 Å². The molecule has 0 saturated heterocycles. The van der Waals surface area contributed by atoms with Crippen molar-refractivity contribution in [3.8, 4) is 0 Å². The van der Waals surface area contributed by atoms with Crippen molar-refractivity contribution in [3.63, 3.8) is 0 Å². The number of H-pyrrole nitrogens is 1. The van der Waals surface area contributed by atoms with Gasteiger partial charge in [-0.3, -0.25) is 0 Å². The largest absolute Gasteiger partial charge is 0.477 e. The van der Waals surface area contributed by atoms with E-state index in [9.17, 15) is 9.59 Å². The molecular formula is C13H12BrN3O3. The number of benzene rings is 1. The number of halogens is 1. The second-order valence-electron chi connectivity index (χ2n) is 4.14. The fraction of sp³-hybridized carbons (Fsp3) is 0.0769. The van der Waals surface area contributed by atoms with Crippen LogP contribution in [0, 0.1) is 6.92 Å². The van der Waals surface area contributed by atoms with Gasteiger partial charge in [0.25, 0.3) is 0 Å². The molecule has 20 heavy (non-hydrogen) atoms. The molecule has 0 bridgehead atoms. The highest BCUT2D eigenvalue weighted by Crippen LogP contribution is 2.19. The van der Waals surface area contributed by atoms with Gasteiger partial charge in [0, 0.05) is 15.9 Å². The molecule has 2 aromatic rings. The van der Waals surface area contributed by atoms with Crippen LogP contribution in [0.2, 0.25) is 0 Å². The van der Waals surface area contributed by atoms with Crippen molar-refractivity contribution in [2.45, 2.75) is 6.92 Å². The molecule has 0 aliphatic carbocycles. The fourth-order valence-electron chi connectivity index (χ4n) is 1.71. The average molecular weight is 338 g/mol. The van der Waals surface area contributed by atoms with Gasteiger partial charge >= 0.3 is 12.0 Å². The molecule has 2 rings (SSSR count). The van der Waals surface area contributed by atoms with Crippen LogP contribution in [0.1, 0.15) is 16.2 Å². The van der Waals surface area contributed by atoms with E-state index in [0.717, 1.165) is 4.47 Å². The normalized spacial score (nSPS) is 10.1. The summed E-state index contributed by atoms with van der Waals surface area (Å²) in [7, 11) is 0. The number of aromatic amines is 1. The highest BCUT2D eigenvalue weighted by Gasteiger charge is 2.15. The van der Waals surface area contributed by atoms with Gasteiger partial charge in [-0.05, 0) is 31.2 Å². The summed E-state index contributed by atoms with van der Waals surface area (Å²) in [6.07, 6.45) is 0. The lowest BCUT2D eigenvalue weighted by molar-refractivity contribution is 0.0692. The molecule has 0 fully saturated rings. The Balaban J connectivity index is 2.10. The van der Waals surface area contributed by atoms with E-state index in [1.165, 1.54) is 0 Å². The smallest absolute Gasteiger partial charge is 0.354 e. The van der Waals surface area contributed by atoms with Crippen LogP contribution in [0.3, 0.4) is 0 Å². The van der Waals surface area contributed by atoms with E-state index in [1.54, 1.807) is 31.2 Å². The summed E-state index contributed by atoms with van der Waals surface area (Å²) in [4.78, 5) is 25.5. The number of urea groups is 1. The van der Waals surface area contributed by atoms with Crippen LogP contribution < -0.4 is 10.6 Å². The minimum absolute atomic E-state index is 0.0492. The van der Waals surface area contributed by atoms with Crippen molar-refractivity contribution < 1.29 is 14.7 Å². The van der Waals surface area contributed by atoms with Crippen LogP contribution in [-0.2, 0) is 0 Å². The van der Waals surface area contributed by atoms with Gasteiger partial charge in [-0.2, -0.15) is 0 Å². The molecule has 1 aromatic heterocycles. The first-order valence-corrected chi connectivity index (χ1v) is 6.51. The van der Waals surface area contributed by atoms with Gasteiger partial charge < -0.3 is 20.7 Å². The molecule has 6 nitrogen and oxygen atoms in total. The maximum absolute atomic E-state index is 11.8. The number of nitrogens with one attached hydrogen (secondary N) is 3. The number of rotatable bonds is 3. The highest BCUT2D eigenvalue weighted by atomic mass is 79.9. The molecule has 2 amide bonds. The number of aryl methyl sites for hydroxylation is 1. The summed E-state index contributed by atoms with van der Waals surface area (Å²) in [5.74, 6) is -1.13. The molecule has 0 radical (unpaired) electrons. The number of hydrogen-bond donors (Lipinski definition) is 4. The van der Waals surface area contributed by atoms with Gasteiger partial charge in [-0.25, -0.2) is 9.59 Å². The number of carbonyl (C=O) groups is 2. The molecule has 1 aromatic carbocycles. The first kappa shape index (κ1) is 14.1. The average Bonchev–Trinajstić information content (AvgIpc) is 2.70. The summed E-state index contributed by atoms with van der Waals surface area (Å²) in [6, 6.07) is 8.13. The van der Waals surface area contributed by atoms with Gasteiger partial charge in [0.1, 0.15) is 5.69 Å². The predicted molar refractivity (Wildman–Crippen MR) is 79.3 cm³/mol. The van der Waals surface area contributed by atoms with Crippen molar-refractivity contribution in [2.24, 2.45) is 0 Å². The summed E-state index contributed by atoms with van der Waals surface area (Å²) < 4.78 is 0.832. The SMILES string of the molecule is Cc1cc(NC(=O)Nc2cccc(Br)c2)c(C(=O)O)[nH]1. The number of amides is 2. The molecule has 4 N–H and O–H groups in total. The third-order valence-corrected chi connectivity index (χ3v) is 2.99. The Hall–Kier alpha value is -2.28. The van der Waals surface area contributed by atoms with Gasteiger partial charge in [0.05, 0.1) is 5.69 Å². The van der Waals surface area contributed by atoms with Gasteiger partial charge in [-0.15, -0.1) is 0 Å².